The van der Waals surface area contributed by atoms with E-state index in [-0.39, 0.29) is 14.5 Å². The van der Waals surface area contributed by atoms with E-state index in [4.69, 9.17) is 23.2 Å². The molecule has 0 aliphatic heterocycles. The van der Waals surface area contributed by atoms with Crippen LogP contribution in [-0.2, 0) is 0 Å². The molecule has 0 atom stereocenters. The first-order chi connectivity index (χ1) is 8.72. The zero-order valence-electron chi connectivity index (χ0n) is 9.02. The predicted octanol–water partition coefficient (Wildman–Crippen LogP) is 4.00. The molecule has 0 N–H and O–H groups in total. The monoisotopic (exact) mass is 340 g/mol. The summed E-state index contributed by atoms with van der Waals surface area (Å²) in [7, 11) is 0. The minimum atomic E-state index is 0.236. The van der Waals surface area contributed by atoms with Crippen molar-refractivity contribution in [1.82, 2.24) is 9.38 Å². The van der Waals surface area contributed by atoms with Crippen molar-refractivity contribution in [3.63, 3.8) is 0 Å². The van der Waals surface area contributed by atoms with Crippen molar-refractivity contribution in [2.24, 2.45) is 0 Å². The van der Waals surface area contributed by atoms with E-state index in [0.29, 0.717) is 0 Å². The van der Waals surface area contributed by atoms with Crippen molar-refractivity contribution < 1.29 is 0 Å². The first-order valence-corrected chi connectivity index (χ1v) is 7.85. The van der Waals surface area contributed by atoms with Gasteiger partial charge in [-0.25, -0.2) is 0 Å². The Morgan fingerprint density at radius 2 is 1.89 bits per heavy atom. The van der Waals surface area contributed by atoms with Crippen LogP contribution in [0, 0.1) is 0 Å². The number of pyridine rings is 1. The average molecular weight is 340 g/mol. The number of hydrogen-bond acceptors (Lipinski definition) is 1. The topological polar surface area (TPSA) is 17.3 Å². The van der Waals surface area contributed by atoms with Crippen molar-refractivity contribution in [1.29, 1.82) is 0 Å². The first kappa shape index (κ1) is 10.9. The van der Waals surface area contributed by atoms with E-state index >= 15 is 0 Å². The second kappa shape index (κ2) is 3.75. The molecular formula is C13H6Cl2N2Se. The maximum atomic E-state index is 6.05. The van der Waals surface area contributed by atoms with Gasteiger partial charge < -0.3 is 0 Å². The number of aromatic nitrogens is 2. The van der Waals surface area contributed by atoms with Crippen LogP contribution in [0.4, 0.5) is 0 Å². The molecule has 0 saturated carbocycles. The Labute approximate surface area is 118 Å². The van der Waals surface area contributed by atoms with Gasteiger partial charge in [-0.1, -0.05) is 0 Å². The second-order valence-corrected chi connectivity index (χ2v) is 7.12. The normalized spacial score (nSPS) is 11.9. The summed E-state index contributed by atoms with van der Waals surface area (Å²) in [6.45, 7) is 0. The number of fused-ring (bicyclic) bond motifs is 5. The second-order valence-electron chi connectivity index (χ2n) is 4.08. The first-order valence-electron chi connectivity index (χ1n) is 5.38. The van der Waals surface area contributed by atoms with Crippen LogP contribution in [0.5, 0.6) is 0 Å². The van der Waals surface area contributed by atoms with Gasteiger partial charge in [-0.15, -0.1) is 0 Å². The van der Waals surface area contributed by atoms with E-state index in [9.17, 15) is 0 Å². The predicted molar refractivity (Wildman–Crippen MR) is 77.2 cm³/mol. The SMILES string of the molecule is Clc1ccc2c(c1)[se]c1c2nc2ccc(Cl)cn21. The molecule has 0 aliphatic carbocycles. The van der Waals surface area contributed by atoms with Gasteiger partial charge in [0.1, 0.15) is 0 Å². The Kier molecular flexibility index (Phi) is 2.27. The molecule has 88 valence electrons. The van der Waals surface area contributed by atoms with Crippen molar-refractivity contribution in [3.8, 4) is 0 Å². The number of hydrogen-bond donors (Lipinski definition) is 0. The van der Waals surface area contributed by atoms with Gasteiger partial charge >= 0.3 is 119 Å². The van der Waals surface area contributed by atoms with E-state index in [1.54, 1.807) is 0 Å². The number of halogens is 2. The van der Waals surface area contributed by atoms with E-state index in [2.05, 4.69) is 15.5 Å². The Hall–Kier alpha value is -0.991. The van der Waals surface area contributed by atoms with Crippen LogP contribution < -0.4 is 0 Å². The molecule has 0 unspecified atom stereocenters. The zero-order chi connectivity index (χ0) is 12.3. The number of imidazole rings is 1. The molecule has 1 aromatic carbocycles. The number of benzene rings is 1. The minimum absolute atomic E-state index is 0.236. The Bertz CT molecular complexity index is 907. The van der Waals surface area contributed by atoms with E-state index in [1.807, 2.05) is 30.5 Å². The van der Waals surface area contributed by atoms with Gasteiger partial charge in [0, 0.05) is 0 Å². The third-order valence-electron chi connectivity index (χ3n) is 2.94. The van der Waals surface area contributed by atoms with Gasteiger partial charge in [-0.05, 0) is 0 Å². The number of rotatable bonds is 0. The molecule has 0 spiro atoms. The summed E-state index contributed by atoms with van der Waals surface area (Å²) in [6.07, 6.45) is 1.93. The van der Waals surface area contributed by atoms with Crippen LogP contribution in [0.2, 0.25) is 10.0 Å². The molecule has 2 nitrogen and oxygen atoms in total. The molecule has 4 aromatic rings. The maximum absolute atomic E-state index is 6.05. The van der Waals surface area contributed by atoms with Crippen molar-refractivity contribution in [2.75, 3.05) is 0 Å². The van der Waals surface area contributed by atoms with Crippen LogP contribution in [0.15, 0.2) is 36.5 Å². The molecular weight excluding hydrogens is 334 g/mol. The van der Waals surface area contributed by atoms with Gasteiger partial charge in [-0.2, -0.15) is 0 Å². The van der Waals surface area contributed by atoms with Crippen molar-refractivity contribution in [3.05, 3.63) is 46.6 Å². The van der Waals surface area contributed by atoms with Crippen LogP contribution in [0.1, 0.15) is 0 Å². The molecule has 0 fully saturated rings. The molecule has 3 aromatic heterocycles. The zero-order valence-corrected chi connectivity index (χ0v) is 12.2. The Morgan fingerprint density at radius 3 is 2.78 bits per heavy atom. The van der Waals surface area contributed by atoms with E-state index in [0.717, 1.165) is 21.2 Å². The van der Waals surface area contributed by atoms with Crippen LogP contribution in [-0.4, -0.2) is 23.9 Å². The van der Waals surface area contributed by atoms with Crippen LogP contribution >= 0.6 is 23.2 Å². The summed E-state index contributed by atoms with van der Waals surface area (Å²) in [5, 5.41) is 2.72. The molecule has 0 aliphatic rings. The molecule has 0 radical (unpaired) electrons. The van der Waals surface area contributed by atoms with E-state index in [1.165, 1.54) is 14.0 Å². The quantitative estimate of drug-likeness (QED) is 0.442. The van der Waals surface area contributed by atoms with E-state index < -0.39 is 0 Å². The summed E-state index contributed by atoms with van der Waals surface area (Å²) in [5.41, 5.74) is 2.02. The summed E-state index contributed by atoms with van der Waals surface area (Å²) in [6, 6.07) is 9.83. The molecule has 0 amide bonds. The number of nitrogens with zero attached hydrogens (tertiary/aromatic N) is 2. The van der Waals surface area contributed by atoms with Gasteiger partial charge in [0.05, 0.1) is 0 Å². The molecule has 5 heteroatoms. The summed E-state index contributed by atoms with van der Waals surface area (Å²) in [5.74, 6) is 0. The van der Waals surface area contributed by atoms with Crippen molar-refractivity contribution >= 4 is 62.9 Å². The fourth-order valence-electron chi connectivity index (χ4n) is 2.15. The fraction of sp³-hybridized carbons (Fsp3) is 0. The van der Waals surface area contributed by atoms with Crippen LogP contribution in [0.25, 0.3) is 25.2 Å². The Morgan fingerprint density at radius 1 is 1.06 bits per heavy atom. The average Bonchev–Trinajstić information content (AvgIpc) is 2.84. The van der Waals surface area contributed by atoms with Crippen molar-refractivity contribution in [2.45, 2.75) is 0 Å². The fourth-order valence-corrected chi connectivity index (χ4v) is 5.08. The van der Waals surface area contributed by atoms with Gasteiger partial charge in [0.15, 0.2) is 0 Å². The molecule has 0 bridgehead atoms. The summed E-state index contributed by atoms with van der Waals surface area (Å²) in [4.78, 5) is 4.68. The standard InChI is InChI=1S/C13H6Cl2N2Se/c14-7-1-3-9-10(5-7)18-13-12(9)16-11-4-2-8(15)6-17(11)13/h1-6H. The third kappa shape index (κ3) is 1.45. The van der Waals surface area contributed by atoms with Gasteiger partial charge in [0.2, 0.25) is 0 Å². The van der Waals surface area contributed by atoms with Gasteiger partial charge in [0.25, 0.3) is 0 Å². The summed E-state index contributed by atoms with van der Waals surface area (Å²) < 4.78 is 4.63. The molecule has 3 heterocycles. The van der Waals surface area contributed by atoms with Crippen LogP contribution in [0.3, 0.4) is 0 Å². The van der Waals surface area contributed by atoms with Gasteiger partial charge in [-0.3, -0.25) is 0 Å². The summed E-state index contributed by atoms with van der Waals surface area (Å²) >= 11 is 12.3. The molecule has 4 rings (SSSR count). The molecule has 0 saturated heterocycles. The molecule has 18 heavy (non-hydrogen) atoms. The third-order valence-corrected chi connectivity index (χ3v) is 5.80. The Balaban J connectivity index is 2.25.